The van der Waals surface area contributed by atoms with Gasteiger partial charge in [0.1, 0.15) is 12.2 Å². The number of nitrogens with zero attached hydrogens (tertiary/aromatic N) is 4. The molecule has 1 aromatic rings. The Kier molecular flexibility index (Phi) is 1.29. The van der Waals surface area contributed by atoms with Crippen LogP contribution in [0.15, 0.2) is 16.6 Å². The van der Waals surface area contributed by atoms with Crippen LogP contribution in [0.3, 0.4) is 0 Å². The number of amidine groups is 1. The first-order valence-corrected chi connectivity index (χ1v) is 3.18. The third-order valence-corrected chi connectivity index (χ3v) is 1.48. The summed E-state index contributed by atoms with van der Waals surface area (Å²) in [5.74, 6) is -1.05. The molecule has 7 heteroatoms. The number of aromatic amines is 1. The van der Waals surface area contributed by atoms with Crippen LogP contribution in [0.5, 0.6) is 0 Å². The fourth-order valence-corrected chi connectivity index (χ4v) is 0.936. The van der Waals surface area contributed by atoms with Crippen molar-refractivity contribution in [1.29, 1.82) is 5.41 Å². The van der Waals surface area contributed by atoms with E-state index in [0.29, 0.717) is 5.82 Å². The van der Waals surface area contributed by atoms with E-state index in [0.717, 1.165) is 0 Å². The molecule has 1 unspecified atom stereocenters. The highest BCUT2D eigenvalue weighted by Gasteiger charge is 2.32. The lowest BCUT2D eigenvalue weighted by atomic mass is 10.1. The fraction of sp³-hybridized carbons (Fsp3) is 0.200. The van der Waals surface area contributed by atoms with Crippen molar-refractivity contribution in [1.82, 2.24) is 15.2 Å². The van der Waals surface area contributed by atoms with Crippen molar-refractivity contribution in [2.75, 3.05) is 0 Å². The predicted molar refractivity (Wildman–Crippen MR) is 36.7 cm³/mol. The van der Waals surface area contributed by atoms with Gasteiger partial charge in [-0.3, -0.25) is 15.3 Å². The second kappa shape index (κ2) is 2.29. The molecule has 2 rings (SSSR count). The number of hydrogen-bond acceptors (Lipinski definition) is 4. The third-order valence-electron chi connectivity index (χ3n) is 1.48. The van der Waals surface area contributed by atoms with Crippen LogP contribution in [-0.4, -0.2) is 26.9 Å². The molecular formula is C5H4N6O. The topological polar surface area (TPSA) is 107 Å². The predicted octanol–water partition coefficient (Wildman–Crippen LogP) is -0.142. The van der Waals surface area contributed by atoms with E-state index in [1.54, 1.807) is 0 Å². The number of nitrogens with one attached hydrogen (secondary N) is 2. The molecule has 2 heterocycles. The van der Waals surface area contributed by atoms with Gasteiger partial charge in [0, 0.05) is 0 Å². The summed E-state index contributed by atoms with van der Waals surface area (Å²) in [6.45, 7) is 0. The van der Waals surface area contributed by atoms with Crippen LogP contribution in [0.2, 0.25) is 0 Å². The zero-order valence-corrected chi connectivity index (χ0v) is 5.85. The molecule has 0 spiro atoms. The van der Waals surface area contributed by atoms with Crippen LogP contribution in [0.1, 0.15) is 11.7 Å². The maximum absolute atomic E-state index is 11.0. The summed E-state index contributed by atoms with van der Waals surface area (Å²) in [5, 5.41) is 19.9. The first kappa shape index (κ1) is 6.77. The van der Waals surface area contributed by atoms with Gasteiger partial charge in [-0.05, 0) is 0 Å². The largest absolute Gasteiger partial charge is 0.284 e. The number of amides is 1. The Hall–Kier alpha value is -1.92. The Morgan fingerprint density at radius 3 is 2.83 bits per heavy atom. The van der Waals surface area contributed by atoms with Gasteiger partial charge in [-0.2, -0.15) is 5.10 Å². The van der Waals surface area contributed by atoms with Gasteiger partial charge in [0.05, 0.1) is 0 Å². The van der Waals surface area contributed by atoms with Crippen molar-refractivity contribution in [3.05, 3.63) is 12.2 Å². The lowest BCUT2D eigenvalue weighted by molar-refractivity contribution is -0.117. The Labute approximate surface area is 66.4 Å². The molecule has 0 radical (unpaired) electrons. The molecule has 0 aliphatic carbocycles. The number of carbonyl (C=O) groups excluding carboxylic acids is 1. The molecular weight excluding hydrogens is 160 g/mol. The first-order valence-electron chi connectivity index (χ1n) is 3.18. The van der Waals surface area contributed by atoms with Crippen molar-refractivity contribution in [2.24, 2.45) is 10.2 Å². The summed E-state index contributed by atoms with van der Waals surface area (Å²) in [5.41, 5.74) is 0. The van der Waals surface area contributed by atoms with Gasteiger partial charge in [0.2, 0.25) is 0 Å². The van der Waals surface area contributed by atoms with E-state index in [1.807, 2.05) is 0 Å². The summed E-state index contributed by atoms with van der Waals surface area (Å²) in [4.78, 5) is 14.7. The summed E-state index contributed by atoms with van der Waals surface area (Å²) in [6.07, 6.45) is 1.27. The van der Waals surface area contributed by atoms with Crippen LogP contribution in [0, 0.1) is 5.41 Å². The van der Waals surface area contributed by atoms with Crippen LogP contribution in [0.25, 0.3) is 0 Å². The molecule has 1 aromatic heterocycles. The number of hydrogen-bond donors (Lipinski definition) is 2. The molecule has 1 atom stereocenters. The Balaban J connectivity index is 2.37. The van der Waals surface area contributed by atoms with E-state index in [4.69, 9.17) is 5.41 Å². The van der Waals surface area contributed by atoms with Gasteiger partial charge in [0.15, 0.2) is 11.8 Å². The van der Waals surface area contributed by atoms with Crippen LogP contribution in [0.4, 0.5) is 0 Å². The summed E-state index contributed by atoms with van der Waals surface area (Å²) in [6, 6.07) is 0. The quantitative estimate of drug-likeness (QED) is 0.602. The zero-order chi connectivity index (χ0) is 8.55. The zero-order valence-electron chi connectivity index (χ0n) is 5.85. The van der Waals surface area contributed by atoms with Gasteiger partial charge < -0.3 is 0 Å². The van der Waals surface area contributed by atoms with E-state index in [2.05, 4.69) is 25.4 Å². The molecule has 7 nitrogen and oxygen atoms in total. The molecule has 0 saturated carbocycles. The molecule has 0 aromatic carbocycles. The van der Waals surface area contributed by atoms with Crippen molar-refractivity contribution in [3.63, 3.8) is 0 Å². The lowest BCUT2D eigenvalue weighted by Gasteiger charge is -1.98. The fourth-order valence-electron chi connectivity index (χ4n) is 0.936. The molecule has 60 valence electrons. The molecule has 1 aliphatic heterocycles. The number of H-pyrrole nitrogens is 1. The normalized spacial score (nSPS) is 22.2. The van der Waals surface area contributed by atoms with Crippen LogP contribution < -0.4 is 0 Å². The van der Waals surface area contributed by atoms with Gasteiger partial charge >= 0.3 is 0 Å². The van der Waals surface area contributed by atoms with Gasteiger partial charge in [-0.25, -0.2) is 4.98 Å². The molecule has 1 aliphatic rings. The van der Waals surface area contributed by atoms with E-state index in [-0.39, 0.29) is 5.84 Å². The number of aromatic nitrogens is 3. The van der Waals surface area contributed by atoms with Crippen LogP contribution in [-0.2, 0) is 4.79 Å². The molecule has 0 saturated heterocycles. The Morgan fingerprint density at radius 2 is 2.33 bits per heavy atom. The average molecular weight is 164 g/mol. The highest BCUT2D eigenvalue weighted by molar-refractivity contribution is 6.10. The van der Waals surface area contributed by atoms with Crippen molar-refractivity contribution in [2.45, 2.75) is 5.92 Å². The average Bonchev–Trinajstić information content (AvgIpc) is 2.61. The van der Waals surface area contributed by atoms with Crippen molar-refractivity contribution < 1.29 is 4.79 Å². The minimum atomic E-state index is -0.785. The standard InChI is InChI=1S/C5H4N6O/c6-3-2(5(12)11-9-3)4-7-1-8-10-4/h1-2,6H,(H,7,8,10). The van der Waals surface area contributed by atoms with E-state index in [1.165, 1.54) is 6.33 Å². The minimum absolute atomic E-state index is 0.100. The summed E-state index contributed by atoms with van der Waals surface area (Å²) < 4.78 is 0. The number of azo groups is 1. The monoisotopic (exact) mass is 164 g/mol. The van der Waals surface area contributed by atoms with E-state index >= 15 is 0 Å². The Morgan fingerprint density at radius 1 is 1.50 bits per heavy atom. The molecule has 0 fully saturated rings. The van der Waals surface area contributed by atoms with Gasteiger partial charge in [0.25, 0.3) is 5.91 Å². The van der Waals surface area contributed by atoms with Crippen molar-refractivity contribution >= 4 is 11.7 Å². The SMILES string of the molecule is N=C1N=NC(=O)C1c1ncn[nH]1. The van der Waals surface area contributed by atoms with E-state index < -0.39 is 11.8 Å². The number of rotatable bonds is 1. The smallest absolute Gasteiger partial charge is 0.283 e. The Bertz CT molecular complexity index is 334. The molecule has 12 heavy (non-hydrogen) atoms. The third kappa shape index (κ3) is 0.831. The highest BCUT2D eigenvalue weighted by Crippen LogP contribution is 2.20. The van der Waals surface area contributed by atoms with Crippen LogP contribution >= 0.6 is 0 Å². The maximum Gasteiger partial charge on any atom is 0.283 e. The second-order valence-corrected chi connectivity index (χ2v) is 2.23. The summed E-state index contributed by atoms with van der Waals surface area (Å²) in [7, 11) is 0. The van der Waals surface area contributed by atoms with Gasteiger partial charge in [-0.15, -0.1) is 10.2 Å². The van der Waals surface area contributed by atoms with Crippen molar-refractivity contribution in [3.8, 4) is 0 Å². The highest BCUT2D eigenvalue weighted by atomic mass is 16.2. The van der Waals surface area contributed by atoms with E-state index in [9.17, 15) is 4.79 Å². The molecule has 0 bridgehead atoms. The minimum Gasteiger partial charge on any atom is -0.284 e. The second-order valence-electron chi connectivity index (χ2n) is 2.23. The number of carbonyl (C=O) groups is 1. The molecule has 1 amide bonds. The van der Waals surface area contributed by atoms with Gasteiger partial charge in [-0.1, -0.05) is 0 Å². The first-order chi connectivity index (χ1) is 5.79. The lowest BCUT2D eigenvalue weighted by Crippen LogP contribution is -2.13. The maximum atomic E-state index is 11.0. The summed E-state index contributed by atoms with van der Waals surface area (Å²) >= 11 is 0. The molecule has 2 N–H and O–H groups in total.